The van der Waals surface area contributed by atoms with E-state index in [1.807, 2.05) is 31.2 Å². The second kappa shape index (κ2) is 8.79. The number of ether oxygens (including phenoxy) is 3. The van der Waals surface area contributed by atoms with Gasteiger partial charge in [-0.1, -0.05) is 17.7 Å². The number of aryl methyl sites for hydroxylation is 1. The lowest BCUT2D eigenvalue weighted by molar-refractivity contribution is 0.0693. The fourth-order valence-corrected chi connectivity index (χ4v) is 1.96. The van der Waals surface area contributed by atoms with E-state index in [2.05, 4.69) is 0 Å². The first-order valence-corrected chi connectivity index (χ1v) is 7.52. The fraction of sp³-hybridized carbons (Fsp3) is 0.278. The van der Waals surface area contributed by atoms with E-state index in [1.54, 1.807) is 0 Å². The summed E-state index contributed by atoms with van der Waals surface area (Å²) in [4.78, 5) is 10.8. The standard InChI is InChI=1S/C18H20O6/c1-13-2-4-14(5-3-13)23-10-8-22-9-11-24-15-6-7-16(18(20)21)17(19)12-15/h2-7,12,19H,8-11H2,1H3,(H,20,21). The molecule has 0 aliphatic rings. The number of carboxylic acids is 1. The zero-order valence-electron chi connectivity index (χ0n) is 13.4. The van der Waals surface area contributed by atoms with Crippen molar-refractivity contribution >= 4 is 5.97 Å². The zero-order chi connectivity index (χ0) is 17.4. The van der Waals surface area contributed by atoms with Crippen LogP contribution in [0.3, 0.4) is 0 Å². The number of rotatable bonds is 9. The highest BCUT2D eigenvalue weighted by atomic mass is 16.5. The molecule has 128 valence electrons. The van der Waals surface area contributed by atoms with Gasteiger partial charge in [-0.2, -0.15) is 0 Å². The van der Waals surface area contributed by atoms with Crippen molar-refractivity contribution in [3.05, 3.63) is 53.6 Å². The van der Waals surface area contributed by atoms with Crippen molar-refractivity contribution in [2.45, 2.75) is 6.92 Å². The van der Waals surface area contributed by atoms with E-state index in [0.29, 0.717) is 25.6 Å². The van der Waals surface area contributed by atoms with Crippen molar-refractivity contribution in [3.63, 3.8) is 0 Å². The Labute approximate surface area is 140 Å². The van der Waals surface area contributed by atoms with Gasteiger partial charge in [-0.25, -0.2) is 4.79 Å². The number of hydrogen-bond acceptors (Lipinski definition) is 5. The van der Waals surface area contributed by atoms with Crippen LogP contribution in [0.2, 0.25) is 0 Å². The Kier molecular flexibility index (Phi) is 6.45. The minimum absolute atomic E-state index is 0.160. The maximum absolute atomic E-state index is 10.8. The van der Waals surface area contributed by atoms with E-state index in [0.717, 1.165) is 5.75 Å². The summed E-state index contributed by atoms with van der Waals surface area (Å²) < 4.78 is 16.3. The minimum Gasteiger partial charge on any atom is -0.507 e. The number of hydrogen-bond donors (Lipinski definition) is 2. The molecule has 0 amide bonds. The molecule has 0 heterocycles. The van der Waals surface area contributed by atoms with Crippen molar-refractivity contribution in [2.75, 3.05) is 26.4 Å². The summed E-state index contributed by atoms with van der Waals surface area (Å²) in [7, 11) is 0. The molecule has 0 saturated heterocycles. The van der Waals surface area contributed by atoms with Crippen LogP contribution in [0, 0.1) is 6.92 Å². The first-order valence-electron chi connectivity index (χ1n) is 7.52. The fourth-order valence-electron chi connectivity index (χ4n) is 1.96. The highest BCUT2D eigenvalue weighted by Crippen LogP contribution is 2.23. The summed E-state index contributed by atoms with van der Waals surface area (Å²) in [5.74, 6) is -0.324. The van der Waals surface area contributed by atoms with Crippen molar-refractivity contribution < 1.29 is 29.2 Å². The van der Waals surface area contributed by atoms with Crippen LogP contribution >= 0.6 is 0 Å². The van der Waals surface area contributed by atoms with E-state index in [-0.39, 0.29) is 17.9 Å². The lowest BCUT2D eigenvalue weighted by Gasteiger charge is -2.09. The summed E-state index contributed by atoms with van der Waals surface area (Å²) in [5, 5.41) is 18.4. The van der Waals surface area contributed by atoms with Crippen LogP contribution in [0.5, 0.6) is 17.2 Å². The maximum atomic E-state index is 10.8. The van der Waals surface area contributed by atoms with Crippen molar-refractivity contribution in [2.24, 2.45) is 0 Å². The molecule has 0 bridgehead atoms. The number of benzene rings is 2. The SMILES string of the molecule is Cc1ccc(OCCOCCOc2ccc(C(=O)O)c(O)c2)cc1. The van der Waals surface area contributed by atoms with Gasteiger partial charge in [-0.05, 0) is 31.2 Å². The third-order valence-corrected chi connectivity index (χ3v) is 3.21. The predicted molar refractivity (Wildman–Crippen MR) is 88.1 cm³/mol. The molecule has 2 N–H and O–H groups in total. The van der Waals surface area contributed by atoms with Gasteiger partial charge in [0.1, 0.15) is 36.0 Å². The lowest BCUT2D eigenvalue weighted by Crippen LogP contribution is -2.12. The van der Waals surface area contributed by atoms with E-state index >= 15 is 0 Å². The van der Waals surface area contributed by atoms with E-state index in [9.17, 15) is 9.90 Å². The Bertz CT molecular complexity index is 666. The summed E-state index contributed by atoms with van der Waals surface area (Å²) in [6, 6.07) is 11.8. The smallest absolute Gasteiger partial charge is 0.339 e. The van der Waals surface area contributed by atoms with Gasteiger partial charge in [-0.3, -0.25) is 0 Å². The summed E-state index contributed by atoms with van der Waals surface area (Å²) in [6.45, 7) is 3.54. The maximum Gasteiger partial charge on any atom is 0.339 e. The quantitative estimate of drug-likeness (QED) is 0.687. The largest absolute Gasteiger partial charge is 0.507 e. The van der Waals surface area contributed by atoms with Gasteiger partial charge in [0, 0.05) is 6.07 Å². The highest BCUT2D eigenvalue weighted by Gasteiger charge is 2.09. The van der Waals surface area contributed by atoms with E-state index in [4.69, 9.17) is 19.3 Å². The number of phenols is 1. The molecule has 0 saturated carbocycles. The Morgan fingerprint density at radius 2 is 1.50 bits per heavy atom. The highest BCUT2D eigenvalue weighted by molar-refractivity contribution is 5.90. The van der Waals surface area contributed by atoms with E-state index in [1.165, 1.54) is 23.8 Å². The topological polar surface area (TPSA) is 85.2 Å². The molecule has 0 fully saturated rings. The third kappa shape index (κ3) is 5.48. The Morgan fingerprint density at radius 3 is 2.08 bits per heavy atom. The van der Waals surface area contributed by atoms with Gasteiger partial charge in [0.05, 0.1) is 13.2 Å². The molecular weight excluding hydrogens is 312 g/mol. The van der Waals surface area contributed by atoms with Crippen molar-refractivity contribution in [3.8, 4) is 17.2 Å². The minimum atomic E-state index is -1.18. The molecule has 0 atom stereocenters. The summed E-state index contributed by atoms with van der Waals surface area (Å²) in [5.41, 5.74) is 1.02. The molecule has 0 unspecified atom stereocenters. The second-order valence-corrected chi connectivity index (χ2v) is 5.11. The molecular formula is C18H20O6. The first kappa shape index (κ1) is 17.6. The average molecular weight is 332 g/mol. The lowest BCUT2D eigenvalue weighted by atomic mass is 10.2. The average Bonchev–Trinajstić information content (AvgIpc) is 2.55. The van der Waals surface area contributed by atoms with Gasteiger partial charge >= 0.3 is 5.97 Å². The molecule has 0 spiro atoms. The van der Waals surface area contributed by atoms with E-state index < -0.39 is 5.97 Å². The van der Waals surface area contributed by atoms with Crippen LogP contribution in [-0.4, -0.2) is 42.6 Å². The molecule has 6 nitrogen and oxygen atoms in total. The van der Waals surface area contributed by atoms with Crippen LogP contribution in [-0.2, 0) is 4.74 Å². The normalized spacial score (nSPS) is 10.4. The molecule has 6 heteroatoms. The molecule has 2 aromatic rings. The van der Waals surface area contributed by atoms with Gasteiger partial charge in [0.2, 0.25) is 0 Å². The van der Waals surface area contributed by atoms with Crippen molar-refractivity contribution in [1.82, 2.24) is 0 Å². The summed E-state index contributed by atoms with van der Waals surface area (Å²) >= 11 is 0. The molecule has 2 aromatic carbocycles. The van der Waals surface area contributed by atoms with Crippen LogP contribution in [0.25, 0.3) is 0 Å². The van der Waals surface area contributed by atoms with Gasteiger partial charge in [0.25, 0.3) is 0 Å². The number of carboxylic acid groups (broad SMARTS) is 1. The van der Waals surface area contributed by atoms with Crippen LogP contribution in [0.4, 0.5) is 0 Å². The number of carbonyl (C=O) groups is 1. The summed E-state index contributed by atoms with van der Waals surface area (Å²) in [6.07, 6.45) is 0. The molecule has 0 aliphatic heterocycles. The molecule has 0 aromatic heterocycles. The molecule has 24 heavy (non-hydrogen) atoms. The third-order valence-electron chi connectivity index (χ3n) is 3.21. The van der Waals surface area contributed by atoms with Crippen molar-refractivity contribution in [1.29, 1.82) is 0 Å². The Morgan fingerprint density at radius 1 is 0.917 bits per heavy atom. The van der Waals surface area contributed by atoms with Gasteiger partial charge in [-0.15, -0.1) is 0 Å². The van der Waals surface area contributed by atoms with Crippen LogP contribution in [0.1, 0.15) is 15.9 Å². The monoisotopic (exact) mass is 332 g/mol. The predicted octanol–water partition coefficient (Wildman–Crippen LogP) is 2.87. The number of aromatic carboxylic acids is 1. The second-order valence-electron chi connectivity index (χ2n) is 5.11. The number of aromatic hydroxyl groups is 1. The Balaban J connectivity index is 1.60. The van der Waals surface area contributed by atoms with Gasteiger partial charge in [0.15, 0.2) is 0 Å². The van der Waals surface area contributed by atoms with Crippen LogP contribution < -0.4 is 9.47 Å². The Hall–Kier alpha value is -2.73. The molecule has 0 radical (unpaired) electrons. The van der Waals surface area contributed by atoms with Crippen LogP contribution in [0.15, 0.2) is 42.5 Å². The molecule has 0 aliphatic carbocycles. The zero-order valence-corrected chi connectivity index (χ0v) is 13.4. The van der Waals surface area contributed by atoms with Gasteiger partial charge < -0.3 is 24.4 Å². The molecule has 2 rings (SSSR count). The first-order chi connectivity index (χ1) is 11.6.